The molecule has 22 heavy (non-hydrogen) atoms. The third-order valence-electron chi connectivity index (χ3n) is 1.85. The number of esters is 1. The number of hydrogen-bond donors (Lipinski definition) is 3. The molecular formula is C13H22NO8+. The summed E-state index contributed by atoms with van der Waals surface area (Å²) in [5.74, 6) is -3.91. The summed E-state index contributed by atoms with van der Waals surface area (Å²) < 4.78 is 5.46. The van der Waals surface area contributed by atoms with Gasteiger partial charge in [-0.3, -0.25) is 9.59 Å². The Labute approximate surface area is 128 Å². The maximum absolute atomic E-state index is 10.7. The Morgan fingerprint density at radius 2 is 1.41 bits per heavy atom. The Balaban J connectivity index is 0. The van der Waals surface area contributed by atoms with Gasteiger partial charge in [0.2, 0.25) is 0 Å². The molecule has 9 nitrogen and oxygen atoms in total. The number of hydrogen-bond acceptors (Lipinski definition) is 5. The van der Waals surface area contributed by atoms with E-state index in [2.05, 4.69) is 0 Å². The quantitative estimate of drug-likeness (QED) is 0.333. The molecule has 0 aromatic carbocycles. The second-order valence-electron chi connectivity index (χ2n) is 5.31. The molecular weight excluding hydrogens is 298 g/mol. The monoisotopic (exact) mass is 320 g/mol. The van der Waals surface area contributed by atoms with Crippen LogP contribution in [-0.2, 0) is 23.9 Å². The van der Waals surface area contributed by atoms with Crippen molar-refractivity contribution in [3.63, 3.8) is 0 Å². The largest absolute Gasteiger partial charge is 0.481 e. The number of carbonyl (C=O) groups is 4. The predicted octanol–water partition coefficient (Wildman–Crippen LogP) is -0.189. The van der Waals surface area contributed by atoms with E-state index in [-0.39, 0.29) is 6.42 Å². The molecule has 1 atom stereocenters. The van der Waals surface area contributed by atoms with Crippen molar-refractivity contribution < 1.29 is 43.7 Å². The standard InChI is InChI=1S/C9H17NO4.C4H4O4/c1-7(11)14-8(5-9(12)13)6-10(2,3)4;5-3(6)1-2-4(7)8/h8H,5-6H2,1-4H3;1-2H,(H,5,6)(H,7,8)/p+1/b;2-1+/t8-;/m1./s1. The predicted molar refractivity (Wildman–Crippen MR) is 75.1 cm³/mol. The highest BCUT2D eigenvalue weighted by molar-refractivity contribution is 5.89. The normalized spacial score (nSPS) is 12.0. The molecule has 0 radical (unpaired) electrons. The van der Waals surface area contributed by atoms with Crippen molar-refractivity contribution in [3.8, 4) is 0 Å². The van der Waals surface area contributed by atoms with Gasteiger partial charge >= 0.3 is 23.9 Å². The van der Waals surface area contributed by atoms with Crippen LogP contribution in [0, 0.1) is 0 Å². The summed E-state index contributed by atoms with van der Waals surface area (Å²) >= 11 is 0. The highest BCUT2D eigenvalue weighted by atomic mass is 16.5. The Bertz CT molecular complexity index is 404. The van der Waals surface area contributed by atoms with Gasteiger partial charge in [0.1, 0.15) is 6.54 Å². The summed E-state index contributed by atoms with van der Waals surface area (Å²) in [6.07, 6.45) is 0.421. The number of rotatable bonds is 7. The van der Waals surface area contributed by atoms with Crippen molar-refractivity contribution in [3.05, 3.63) is 12.2 Å². The summed E-state index contributed by atoms with van der Waals surface area (Å²) in [6, 6.07) is 0. The first kappa shape index (κ1) is 21.9. The second-order valence-corrected chi connectivity index (χ2v) is 5.31. The van der Waals surface area contributed by atoms with Crippen LogP contribution >= 0.6 is 0 Å². The number of aliphatic carboxylic acids is 3. The van der Waals surface area contributed by atoms with Crippen LogP contribution in [0.5, 0.6) is 0 Å². The topological polar surface area (TPSA) is 138 Å². The average molecular weight is 320 g/mol. The van der Waals surface area contributed by atoms with Crippen molar-refractivity contribution in [1.29, 1.82) is 0 Å². The highest BCUT2D eigenvalue weighted by Gasteiger charge is 2.23. The lowest BCUT2D eigenvalue weighted by molar-refractivity contribution is -0.873. The Kier molecular flexibility index (Phi) is 10.3. The van der Waals surface area contributed by atoms with E-state index in [1.807, 2.05) is 21.1 Å². The molecule has 0 bridgehead atoms. The van der Waals surface area contributed by atoms with Crippen LogP contribution in [0.3, 0.4) is 0 Å². The van der Waals surface area contributed by atoms with Gasteiger partial charge in [0.25, 0.3) is 0 Å². The van der Waals surface area contributed by atoms with Gasteiger partial charge in [0, 0.05) is 19.1 Å². The molecule has 0 aliphatic carbocycles. The summed E-state index contributed by atoms with van der Waals surface area (Å²) in [5.41, 5.74) is 0. The number of likely N-dealkylation sites (N-methyl/N-ethyl adjacent to an activating group) is 1. The molecule has 3 N–H and O–H groups in total. The fourth-order valence-electron chi connectivity index (χ4n) is 1.33. The SMILES string of the molecule is CC(=O)O[C@H](CC(=O)O)C[N+](C)(C)C.O=C(O)/C=C/C(=O)O. The second kappa shape index (κ2) is 10.3. The molecule has 0 aromatic heterocycles. The van der Waals surface area contributed by atoms with Gasteiger partial charge in [0.15, 0.2) is 6.10 Å². The maximum atomic E-state index is 10.7. The Morgan fingerprint density at radius 3 is 1.64 bits per heavy atom. The fourth-order valence-corrected chi connectivity index (χ4v) is 1.33. The summed E-state index contributed by atoms with van der Waals surface area (Å²) in [4.78, 5) is 40.3. The van der Waals surface area contributed by atoms with E-state index >= 15 is 0 Å². The van der Waals surface area contributed by atoms with Crippen molar-refractivity contribution >= 4 is 23.9 Å². The van der Waals surface area contributed by atoms with Crippen molar-refractivity contribution in [2.24, 2.45) is 0 Å². The molecule has 0 unspecified atom stereocenters. The van der Waals surface area contributed by atoms with Crippen LogP contribution in [0.2, 0.25) is 0 Å². The zero-order chi connectivity index (χ0) is 17.9. The van der Waals surface area contributed by atoms with E-state index in [9.17, 15) is 19.2 Å². The highest BCUT2D eigenvalue weighted by Crippen LogP contribution is 2.04. The number of carboxylic acids is 3. The average Bonchev–Trinajstić information content (AvgIpc) is 2.22. The molecule has 0 aliphatic heterocycles. The molecule has 0 fully saturated rings. The minimum absolute atomic E-state index is 0.144. The number of nitrogens with zero attached hydrogens (tertiary/aromatic N) is 1. The van der Waals surface area contributed by atoms with Crippen molar-refractivity contribution in [2.75, 3.05) is 27.7 Å². The third kappa shape index (κ3) is 19.9. The molecule has 0 spiro atoms. The van der Waals surface area contributed by atoms with Crippen molar-refractivity contribution in [1.82, 2.24) is 0 Å². The molecule has 9 heteroatoms. The van der Waals surface area contributed by atoms with Gasteiger partial charge in [-0.2, -0.15) is 0 Å². The zero-order valence-corrected chi connectivity index (χ0v) is 13.0. The van der Waals surface area contributed by atoms with Gasteiger partial charge < -0.3 is 24.5 Å². The molecule has 0 amide bonds. The minimum Gasteiger partial charge on any atom is -0.481 e. The number of quaternary nitrogens is 1. The van der Waals surface area contributed by atoms with E-state index < -0.39 is 30.0 Å². The number of carboxylic acid groups (broad SMARTS) is 3. The van der Waals surface area contributed by atoms with Gasteiger partial charge in [-0.05, 0) is 0 Å². The summed E-state index contributed by atoms with van der Waals surface area (Å²) in [5, 5.41) is 24.2. The summed E-state index contributed by atoms with van der Waals surface area (Å²) in [6.45, 7) is 1.77. The summed E-state index contributed by atoms with van der Waals surface area (Å²) in [7, 11) is 5.75. The first-order valence-corrected chi connectivity index (χ1v) is 6.17. The molecule has 0 aromatic rings. The van der Waals surface area contributed by atoms with Gasteiger partial charge in [0.05, 0.1) is 27.6 Å². The van der Waals surface area contributed by atoms with E-state index in [0.29, 0.717) is 23.2 Å². The lowest BCUT2D eigenvalue weighted by atomic mass is 10.2. The molecule has 126 valence electrons. The van der Waals surface area contributed by atoms with Crippen LogP contribution in [0.25, 0.3) is 0 Å². The smallest absolute Gasteiger partial charge is 0.328 e. The number of ether oxygens (including phenoxy) is 1. The lowest BCUT2D eigenvalue weighted by Gasteiger charge is -2.28. The van der Waals surface area contributed by atoms with Gasteiger partial charge in [-0.25, -0.2) is 9.59 Å². The van der Waals surface area contributed by atoms with Crippen molar-refractivity contribution in [2.45, 2.75) is 19.4 Å². The number of carbonyl (C=O) groups excluding carboxylic acids is 1. The van der Waals surface area contributed by atoms with E-state index in [0.717, 1.165) is 0 Å². The first-order chi connectivity index (χ1) is 9.83. The lowest BCUT2D eigenvalue weighted by Crippen LogP contribution is -2.43. The Morgan fingerprint density at radius 1 is 1.00 bits per heavy atom. The van der Waals surface area contributed by atoms with Crippen LogP contribution in [-0.4, -0.2) is 77.5 Å². The van der Waals surface area contributed by atoms with E-state index in [1.54, 1.807) is 0 Å². The molecule has 0 rings (SSSR count). The molecule has 0 aliphatic rings. The Hall–Kier alpha value is -2.42. The van der Waals surface area contributed by atoms with E-state index in [4.69, 9.17) is 20.1 Å². The fraction of sp³-hybridized carbons (Fsp3) is 0.538. The van der Waals surface area contributed by atoms with Crippen LogP contribution < -0.4 is 0 Å². The maximum Gasteiger partial charge on any atom is 0.328 e. The van der Waals surface area contributed by atoms with Crippen LogP contribution in [0.1, 0.15) is 13.3 Å². The van der Waals surface area contributed by atoms with Gasteiger partial charge in [-0.15, -0.1) is 0 Å². The zero-order valence-electron chi connectivity index (χ0n) is 13.0. The van der Waals surface area contributed by atoms with E-state index in [1.165, 1.54) is 6.92 Å². The van der Waals surface area contributed by atoms with Crippen LogP contribution in [0.4, 0.5) is 0 Å². The molecule has 0 saturated heterocycles. The third-order valence-corrected chi connectivity index (χ3v) is 1.85. The van der Waals surface area contributed by atoms with Gasteiger partial charge in [-0.1, -0.05) is 0 Å². The molecule has 0 saturated carbocycles. The first-order valence-electron chi connectivity index (χ1n) is 6.17. The molecule has 0 heterocycles. The minimum atomic E-state index is -1.26. The van der Waals surface area contributed by atoms with Crippen LogP contribution in [0.15, 0.2) is 12.2 Å².